The van der Waals surface area contributed by atoms with Gasteiger partial charge in [-0.2, -0.15) is 5.10 Å². The van der Waals surface area contributed by atoms with Crippen LogP contribution in [0.15, 0.2) is 18.2 Å². The lowest BCUT2D eigenvalue weighted by molar-refractivity contribution is -0.130. The number of hydrogen-bond donors (Lipinski definition) is 3. The quantitative estimate of drug-likeness (QED) is 0.623. The van der Waals surface area contributed by atoms with Crippen molar-refractivity contribution < 1.29 is 14.4 Å². The standard InChI is InChI=1S/C18H23N7O3S/c1-22-14-10-12(19-11-16(27)23-6-8-24(29)9-7-23)2-3-13(14)17(21-22)25-5-4-15(26)20-18(25)28/h2-3,10,19,29H,4-9,11H2,1H3,(H,20,26,28). The number of imide groups is 1. The number of piperazine rings is 1. The first-order valence-electron chi connectivity index (χ1n) is 9.46. The first-order valence-corrected chi connectivity index (χ1v) is 9.86. The minimum absolute atomic E-state index is 0.0480. The summed E-state index contributed by atoms with van der Waals surface area (Å²) < 4.78 is 3.59. The van der Waals surface area contributed by atoms with Gasteiger partial charge >= 0.3 is 6.03 Å². The summed E-state index contributed by atoms with van der Waals surface area (Å²) in [5.74, 6) is 0.282. The lowest BCUT2D eigenvalue weighted by atomic mass is 10.2. The van der Waals surface area contributed by atoms with Crippen LogP contribution in [0.1, 0.15) is 6.42 Å². The number of urea groups is 1. The minimum Gasteiger partial charge on any atom is -0.376 e. The summed E-state index contributed by atoms with van der Waals surface area (Å²) in [5, 5.41) is 10.8. The third kappa shape index (κ3) is 4.01. The third-order valence-corrected chi connectivity index (χ3v) is 5.59. The fourth-order valence-electron chi connectivity index (χ4n) is 3.55. The molecule has 0 aliphatic carbocycles. The zero-order valence-electron chi connectivity index (χ0n) is 16.1. The van der Waals surface area contributed by atoms with Crippen molar-refractivity contribution in [3.8, 4) is 0 Å². The van der Waals surface area contributed by atoms with Crippen LogP contribution in [0, 0.1) is 0 Å². The van der Waals surface area contributed by atoms with E-state index in [4.69, 9.17) is 0 Å². The summed E-state index contributed by atoms with van der Waals surface area (Å²) in [4.78, 5) is 39.3. The van der Waals surface area contributed by atoms with E-state index < -0.39 is 6.03 Å². The highest BCUT2D eigenvalue weighted by Gasteiger charge is 2.28. The van der Waals surface area contributed by atoms with Crippen LogP contribution < -0.4 is 15.5 Å². The fourth-order valence-corrected chi connectivity index (χ4v) is 3.73. The summed E-state index contributed by atoms with van der Waals surface area (Å²) >= 11 is 4.30. The van der Waals surface area contributed by atoms with Crippen LogP contribution in [0.4, 0.5) is 16.3 Å². The molecule has 4 rings (SSSR count). The van der Waals surface area contributed by atoms with Gasteiger partial charge in [0.15, 0.2) is 5.82 Å². The molecular weight excluding hydrogens is 394 g/mol. The normalized spacial score (nSPS) is 18.3. The molecule has 1 aromatic carbocycles. The number of aryl methyl sites for hydroxylation is 1. The van der Waals surface area contributed by atoms with Gasteiger partial charge in [-0.1, -0.05) is 12.8 Å². The molecule has 4 amide bonds. The summed E-state index contributed by atoms with van der Waals surface area (Å²) in [6.45, 7) is 3.37. The number of nitrogens with zero attached hydrogens (tertiary/aromatic N) is 5. The predicted molar refractivity (Wildman–Crippen MR) is 112 cm³/mol. The van der Waals surface area contributed by atoms with Gasteiger partial charge in [0.1, 0.15) is 0 Å². The molecular formula is C18H23N7O3S. The van der Waals surface area contributed by atoms with Crippen LogP contribution in [0.25, 0.3) is 10.9 Å². The molecule has 0 bridgehead atoms. The van der Waals surface area contributed by atoms with E-state index in [2.05, 4.69) is 28.5 Å². The molecule has 11 heteroatoms. The number of carbonyl (C=O) groups excluding carboxylic acids is 3. The largest absolute Gasteiger partial charge is 0.376 e. The molecule has 2 fully saturated rings. The van der Waals surface area contributed by atoms with Crippen molar-refractivity contribution in [1.82, 2.24) is 24.3 Å². The Bertz CT molecular complexity index is 968. The Morgan fingerprint density at radius 1 is 1.21 bits per heavy atom. The van der Waals surface area contributed by atoms with Crippen LogP contribution in [-0.2, 0) is 16.6 Å². The van der Waals surface area contributed by atoms with Crippen LogP contribution >= 0.6 is 12.8 Å². The van der Waals surface area contributed by atoms with E-state index in [0.29, 0.717) is 25.5 Å². The fraction of sp³-hybridized carbons (Fsp3) is 0.444. The summed E-state index contributed by atoms with van der Waals surface area (Å²) in [5.41, 5.74) is 1.62. The van der Waals surface area contributed by atoms with E-state index in [0.717, 1.165) is 29.7 Å². The molecule has 0 unspecified atom stereocenters. The summed E-state index contributed by atoms with van der Waals surface area (Å²) in [6, 6.07) is 5.17. The van der Waals surface area contributed by atoms with Gasteiger partial charge in [-0.05, 0) is 18.2 Å². The molecule has 2 N–H and O–H groups in total. The molecule has 2 aliphatic rings. The molecule has 29 heavy (non-hydrogen) atoms. The molecule has 2 aliphatic heterocycles. The third-order valence-electron chi connectivity index (χ3n) is 5.19. The Labute approximate surface area is 173 Å². The smallest absolute Gasteiger partial charge is 0.329 e. The van der Waals surface area contributed by atoms with Crippen molar-refractivity contribution in [1.29, 1.82) is 0 Å². The predicted octanol–water partition coefficient (Wildman–Crippen LogP) is 0.420. The molecule has 0 radical (unpaired) electrons. The van der Waals surface area contributed by atoms with Crippen LogP contribution in [0.2, 0.25) is 0 Å². The second-order valence-electron chi connectivity index (χ2n) is 7.12. The Morgan fingerprint density at radius 3 is 2.69 bits per heavy atom. The van der Waals surface area contributed by atoms with Crippen LogP contribution in [0.3, 0.4) is 0 Å². The maximum Gasteiger partial charge on any atom is 0.329 e. The van der Waals surface area contributed by atoms with Crippen molar-refractivity contribution >= 4 is 53.1 Å². The van der Waals surface area contributed by atoms with Crippen molar-refractivity contribution in [2.75, 3.05) is 49.5 Å². The second kappa shape index (κ2) is 7.91. The minimum atomic E-state index is -0.463. The number of rotatable bonds is 4. The average Bonchev–Trinajstić information content (AvgIpc) is 3.02. The summed E-state index contributed by atoms with van der Waals surface area (Å²) in [6.07, 6.45) is 0.243. The molecule has 2 aromatic rings. The monoisotopic (exact) mass is 417 g/mol. The van der Waals surface area contributed by atoms with E-state index in [9.17, 15) is 14.4 Å². The van der Waals surface area contributed by atoms with E-state index >= 15 is 0 Å². The summed E-state index contributed by atoms with van der Waals surface area (Å²) in [7, 11) is 1.80. The molecule has 0 saturated carbocycles. The lowest BCUT2D eigenvalue weighted by Crippen LogP contribution is -2.49. The number of anilines is 2. The Morgan fingerprint density at radius 2 is 1.97 bits per heavy atom. The van der Waals surface area contributed by atoms with E-state index in [1.807, 2.05) is 27.4 Å². The Hall–Kier alpha value is -2.79. The highest BCUT2D eigenvalue weighted by Crippen LogP contribution is 2.29. The maximum atomic E-state index is 12.4. The van der Waals surface area contributed by atoms with Crippen LogP contribution in [0.5, 0.6) is 0 Å². The van der Waals surface area contributed by atoms with Gasteiger partial charge in [0.05, 0.1) is 12.1 Å². The Kier molecular flexibility index (Phi) is 5.33. The zero-order valence-corrected chi connectivity index (χ0v) is 17.0. The van der Waals surface area contributed by atoms with Crippen LogP contribution in [-0.4, -0.2) is 76.1 Å². The number of hydrogen-bond acceptors (Lipinski definition) is 7. The second-order valence-corrected chi connectivity index (χ2v) is 7.69. The van der Waals surface area contributed by atoms with Gasteiger partial charge in [-0.3, -0.25) is 24.5 Å². The van der Waals surface area contributed by atoms with E-state index in [1.54, 1.807) is 11.7 Å². The van der Waals surface area contributed by atoms with Crippen molar-refractivity contribution in [2.45, 2.75) is 6.42 Å². The number of aromatic nitrogens is 2. The topological polar surface area (TPSA) is 103 Å². The van der Waals surface area contributed by atoms with Gasteiger partial charge in [0.2, 0.25) is 11.8 Å². The first kappa shape index (κ1) is 19.5. The first-order chi connectivity index (χ1) is 13.9. The Balaban J connectivity index is 1.47. The van der Waals surface area contributed by atoms with Crippen molar-refractivity contribution in [3.05, 3.63) is 18.2 Å². The molecule has 0 spiro atoms. The number of fused-ring (bicyclic) bond motifs is 1. The zero-order chi connectivity index (χ0) is 20.5. The van der Waals surface area contributed by atoms with Gasteiger partial charge in [0, 0.05) is 57.3 Å². The van der Waals surface area contributed by atoms with Gasteiger partial charge in [0.25, 0.3) is 0 Å². The lowest BCUT2D eigenvalue weighted by Gasteiger charge is -2.31. The molecule has 10 nitrogen and oxygen atoms in total. The molecule has 154 valence electrons. The van der Waals surface area contributed by atoms with Gasteiger partial charge in [-0.25, -0.2) is 9.10 Å². The van der Waals surface area contributed by atoms with Crippen molar-refractivity contribution in [3.63, 3.8) is 0 Å². The number of amides is 4. The highest BCUT2D eigenvalue weighted by molar-refractivity contribution is 7.77. The molecule has 2 saturated heterocycles. The molecule has 3 heterocycles. The van der Waals surface area contributed by atoms with E-state index in [-0.39, 0.29) is 24.8 Å². The number of nitrogens with one attached hydrogen (secondary N) is 2. The number of carbonyl (C=O) groups is 3. The van der Waals surface area contributed by atoms with Gasteiger partial charge < -0.3 is 10.2 Å². The number of benzene rings is 1. The average molecular weight is 417 g/mol. The molecule has 1 aromatic heterocycles. The van der Waals surface area contributed by atoms with Crippen molar-refractivity contribution in [2.24, 2.45) is 7.05 Å². The van der Waals surface area contributed by atoms with E-state index in [1.165, 1.54) is 4.90 Å². The SMILES string of the molecule is Cn1nc(N2CCC(=O)NC2=O)c2ccc(NCC(=O)N3CCN(S)CC3)cc21. The highest BCUT2D eigenvalue weighted by atomic mass is 32.1. The molecule has 0 atom stereocenters. The number of thiol groups is 1. The van der Waals surface area contributed by atoms with Gasteiger partial charge in [-0.15, -0.1) is 0 Å². The maximum absolute atomic E-state index is 12.4.